The number of fused-ring (bicyclic) bond motifs is 1. The SMILES string of the molecule is CCC(CC)COC(=O)C1CC2CCCCC2CN1. The number of rotatable bonds is 5. The number of hydrogen-bond acceptors (Lipinski definition) is 3. The Morgan fingerprint density at radius 2 is 1.89 bits per heavy atom. The van der Waals surface area contributed by atoms with Gasteiger partial charge in [0.2, 0.25) is 0 Å². The number of hydrogen-bond donors (Lipinski definition) is 1. The highest BCUT2D eigenvalue weighted by atomic mass is 16.5. The summed E-state index contributed by atoms with van der Waals surface area (Å²) < 4.78 is 5.50. The Morgan fingerprint density at radius 1 is 1.21 bits per heavy atom. The first kappa shape index (κ1) is 14.8. The molecular formula is C16H29NO2. The fraction of sp³-hybridized carbons (Fsp3) is 0.938. The molecule has 1 aliphatic carbocycles. The monoisotopic (exact) mass is 267 g/mol. The molecule has 1 saturated carbocycles. The lowest BCUT2D eigenvalue weighted by atomic mass is 9.74. The van der Waals surface area contributed by atoms with E-state index in [1.807, 2.05) is 0 Å². The zero-order valence-corrected chi connectivity index (χ0v) is 12.5. The molecule has 0 aromatic carbocycles. The second kappa shape index (κ2) is 7.28. The summed E-state index contributed by atoms with van der Waals surface area (Å²) in [7, 11) is 0. The lowest BCUT2D eigenvalue weighted by Gasteiger charge is -2.39. The van der Waals surface area contributed by atoms with E-state index in [9.17, 15) is 4.79 Å². The summed E-state index contributed by atoms with van der Waals surface area (Å²) >= 11 is 0. The summed E-state index contributed by atoms with van der Waals surface area (Å²) in [5.41, 5.74) is 0. The van der Waals surface area contributed by atoms with Crippen LogP contribution in [0, 0.1) is 17.8 Å². The maximum Gasteiger partial charge on any atom is 0.323 e. The van der Waals surface area contributed by atoms with Gasteiger partial charge < -0.3 is 10.1 Å². The standard InChI is InChI=1S/C16H29NO2/c1-3-12(4-2)11-19-16(18)15-9-13-7-5-6-8-14(13)10-17-15/h12-15,17H,3-11H2,1-2H3. The Labute approximate surface area is 117 Å². The molecule has 3 atom stereocenters. The van der Waals surface area contributed by atoms with E-state index in [2.05, 4.69) is 19.2 Å². The molecule has 3 nitrogen and oxygen atoms in total. The average Bonchev–Trinajstić information content (AvgIpc) is 2.47. The zero-order valence-electron chi connectivity index (χ0n) is 12.5. The minimum atomic E-state index is -0.0475. The summed E-state index contributed by atoms with van der Waals surface area (Å²) in [6.45, 7) is 5.93. The number of piperidine rings is 1. The fourth-order valence-electron chi connectivity index (χ4n) is 3.55. The van der Waals surface area contributed by atoms with Crippen LogP contribution in [-0.2, 0) is 9.53 Å². The molecule has 0 bridgehead atoms. The van der Waals surface area contributed by atoms with Crippen molar-refractivity contribution in [3.8, 4) is 0 Å². The Hall–Kier alpha value is -0.570. The molecule has 3 unspecified atom stereocenters. The van der Waals surface area contributed by atoms with Gasteiger partial charge in [0.05, 0.1) is 6.61 Å². The van der Waals surface area contributed by atoms with Gasteiger partial charge in [-0.1, -0.05) is 46.0 Å². The molecule has 2 fully saturated rings. The van der Waals surface area contributed by atoms with Gasteiger partial charge in [-0.05, 0) is 37.1 Å². The van der Waals surface area contributed by atoms with E-state index in [-0.39, 0.29) is 12.0 Å². The number of carbonyl (C=O) groups excluding carboxylic acids is 1. The van der Waals surface area contributed by atoms with Crippen molar-refractivity contribution in [1.29, 1.82) is 0 Å². The first-order valence-electron chi connectivity index (χ1n) is 8.14. The van der Waals surface area contributed by atoms with Crippen LogP contribution in [0.3, 0.4) is 0 Å². The van der Waals surface area contributed by atoms with Crippen LogP contribution in [0.15, 0.2) is 0 Å². The maximum absolute atomic E-state index is 12.1. The molecule has 1 heterocycles. The summed E-state index contributed by atoms with van der Waals surface area (Å²) in [6, 6.07) is -0.0475. The van der Waals surface area contributed by atoms with Gasteiger partial charge in [-0.3, -0.25) is 4.79 Å². The molecule has 0 radical (unpaired) electrons. The Balaban J connectivity index is 1.77. The van der Waals surface area contributed by atoms with Crippen LogP contribution in [0.1, 0.15) is 58.8 Å². The molecule has 1 aliphatic heterocycles. The molecular weight excluding hydrogens is 238 g/mol. The molecule has 110 valence electrons. The highest BCUT2D eigenvalue weighted by Gasteiger charge is 2.35. The van der Waals surface area contributed by atoms with Crippen molar-refractivity contribution in [3.05, 3.63) is 0 Å². The molecule has 2 rings (SSSR count). The second-order valence-electron chi connectivity index (χ2n) is 6.31. The Morgan fingerprint density at radius 3 is 2.58 bits per heavy atom. The third-order valence-electron chi connectivity index (χ3n) is 5.13. The van der Waals surface area contributed by atoms with Crippen molar-refractivity contribution < 1.29 is 9.53 Å². The zero-order chi connectivity index (χ0) is 13.7. The number of esters is 1. The van der Waals surface area contributed by atoms with E-state index in [4.69, 9.17) is 4.74 Å². The molecule has 0 aromatic heterocycles. The molecule has 0 spiro atoms. The van der Waals surface area contributed by atoms with Gasteiger partial charge in [0.25, 0.3) is 0 Å². The van der Waals surface area contributed by atoms with Crippen molar-refractivity contribution in [2.24, 2.45) is 17.8 Å². The highest BCUT2D eigenvalue weighted by Crippen LogP contribution is 2.35. The first-order valence-corrected chi connectivity index (χ1v) is 8.14. The smallest absolute Gasteiger partial charge is 0.323 e. The molecule has 1 N–H and O–H groups in total. The van der Waals surface area contributed by atoms with Crippen molar-refractivity contribution in [1.82, 2.24) is 5.32 Å². The quantitative estimate of drug-likeness (QED) is 0.778. The Bertz CT molecular complexity index is 288. The van der Waals surface area contributed by atoms with Crippen molar-refractivity contribution in [2.45, 2.75) is 64.8 Å². The molecule has 0 amide bonds. The number of ether oxygens (including phenoxy) is 1. The van der Waals surface area contributed by atoms with Gasteiger partial charge in [-0.25, -0.2) is 0 Å². The molecule has 3 heteroatoms. The van der Waals surface area contributed by atoms with Crippen LogP contribution >= 0.6 is 0 Å². The molecule has 19 heavy (non-hydrogen) atoms. The van der Waals surface area contributed by atoms with Crippen LogP contribution in [0.4, 0.5) is 0 Å². The third-order valence-corrected chi connectivity index (χ3v) is 5.13. The summed E-state index contributed by atoms with van der Waals surface area (Å²) in [4.78, 5) is 12.1. The van der Waals surface area contributed by atoms with Crippen LogP contribution in [0.25, 0.3) is 0 Å². The van der Waals surface area contributed by atoms with E-state index in [0.29, 0.717) is 12.5 Å². The van der Waals surface area contributed by atoms with Crippen LogP contribution in [0.5, 0.6) is 0 Å². The largest absolute Gasteiger partial charge is 0.464 e. The highest BCUT2D eigenvalue weighted by molar-refractivity contribution is 5.76. The van der Waals surface area contributed by atoms with Gasteiger partial charge in [-0.15, -0.1) is 0 Å². The van der Waals surface area contributed by atoms with Gasteiger partial charge in [0.1, 0.15) is 6.04 Å². The third kappa shape index (κ3) is 3.95. The molecule has 2 aliphatic rings. The van der Waals surface area contributed by atoms with Gasteiger partial charge in [0.15, 0.2) is 0 Å². The predicted molar refractivity (Wildman–Crippen MR) is 76.9 cm³/mol. The van der Waals surface area contributed by atoms with E-state index in [1.54, 1.807) is 0 Å². The van der Waals surface area contributed by atoms with E-state index in [0.717, 1.165) is 37.6 Å². The summed E-state index contributed by atoms with van der Waals surface area (Å²) in [6.07, 6.45) is 8.53. The lowest BCUT2D eigenvalue weighted by Crippen LogP contribution is -2.49. The second-order valence-corrected chi connectivity index (χ2v) is 6.31. The number of carbonyl (C=O) groups is 1. The lowest BCUT2D eigenvalue weighted by molar-refractivity contribution is -0.149. The van der Waals surface area contributed by atoms with Crippen LogP contribution in [0.2, 0.25) is 0 Å². The van der Waals surface area contributed by atoms with E-state index < -0.39 is 0 Å². The minimum absolute atomic E-state index is 0.0177. The number of nitrogens with one attached hydrogen (secondary N) is 1. The van der Waals surface area contributed by atoms with Crippen molar-refractivity contribution in [2.75, 3.05) is 13.2 Å². The molecule has 0 aromatic rings. The van der Waals surface area contributed by atoms with Gasteiger partial charge in [0, 0.05) is 0 Å². The fourth-order valence-corrected chi connectivity index (χ4v) is 3.55. The van der Waals surface area contributed by atoms with Crippen molar-refractivity contribution in [3.63, 3.8) is 0 Å². The predicted octanol–water partition coefficient (Wildman–Crippen LogP) is 3.13. The molecule has 1 saturated heterocycles. The van der Waals surface area contributed by atoms with Crippen LogP contribution < -0.4 is 5.32 Å². The normalized spacial score (nSPS) is 31.0. The van der Waals surface area contributed by atoms with E-state index >= 15 is 0 Å². The van der Waals surface area contributed by atoms with Gasteiger partial charge >= 0.3 is 5.97 Å². The average molecular weight is 267 g/mol. The van der Waals surface area contributed by atoms with Crippen LogP contribution in [-0.4, -0.2) is 25.2 Å². The van der Waals surface area contributed by atoms with E-state index in [1.165, 1.54) is 25.7 Å². The maximum atomic E-state index is 12.1. The van der Waals surface area contributed by atoms with Gasteiger partial charge in [-0.2, -0.15) is 0 Å². The summed E-state index contributed by atoms with van der Waals surface area (Å²) in [5, 5.41) is 3.40. The minimum Gasteiger partial charge on any atom is -0.464 e. The summed E-state index contributed by atoms with van der Waals surface area (Å²) in [5.74, 6) is 2.06. The van der Waals surface area contributed by atoms with Crippen molar-refractivity contribution >= 4 is 5.97 Å². The topological polar surface area (TPSA) is 38.3 Å². The first-order chi connectivity index (χ1) is 9.24. The Kier molecular flexibility index (Phi) is 5.68.